The van der Waals surface area contributed by atoms with Gasteiger partial charge in [0.05, 0.1) is 11.4 Å². The van der Waals surface area contributed by atoms with Crippen LogP contribution < -0.4 is 10.1 Å². The molecule has 106 valence electrons. The summed E-state index contributed by atoms with van der Waals surface area (Å²) in [6.07, 6.45) is 0. The molecule has 0 aromatic heterocycles. The van der Waals surface area contributed by atoms with Gasteiger partial charge in [-0.25, -0.2) is 0 Å². The van der Waals surface area contributed by atoms with Crippen LogP contribution in [0.1, 0.15) is 37.8 Å². The van der Waals surface area contributed by atoms with Crippen molar-refractivity contribution in [2.75, 3.05) is 13.2 Å². The number of halogens is 1. The number of benzene rings is 1. The summed E-state index contributed by atoms with van der Waals surface area (Å²) >= 11 is 3.21. The van der Waals surface area contributed by atoms with E-state index in [9.17, 15) is 4.79 Å². The summed E-state index contributed by atoms with van der Waals surface area (Å²) in [7, 11) is 0. The van der Waals surface area contributed by atoms with Crippen LogP contribution in [0.2, 0.25) is 0 Å². The van der Waals surface area contributed by atoms with Gasteiger partial charge in [0.1, 0.15) is 12.4 Å². The van der Waals surface area contributed by atoms with Crippen molar-refractivity contribution < 1.29 is 9.53 Å². The smallest absolute Gasteiger partial charge is 0.233 e. The Labute approximate surface area is 123 Å². The van der Waals surface area contributed by atoms with E-state index >= 15 is 0 Å². The van der Waals surface area contributed by atoms with Gasteiger partial charge < -0.3 is 10.1 Å². The van der Waals surface area contributed by atoms with Crippen molar-refractivity contribution in [3.05, 3.63) is 29.3 Å². The molecule has 1 rings (SSSR count). The van der Waals surface area contributed by atoms with Crippen molar-refractivity contribution in [2.45, 2.75) is 38.4 Å². The van der Waals surface area contributed by atoms with Gasteiger partial charge in [0.15, 0.2) is 0 Å². The number of carbonyl (C=O) groups excluding carboxylic acids is 1. The number of alkyl halides is 1. The molecule has 1 aromatic rings. The van der Waals surface area contributed by atoms with Gasteiger partial charge in [0.25, 0.3) is 0 Å². The van der Waals surface area contributed by atoms with Crippen molar-refractivity contribution in [3.8, 4) is 5.75 Å². The maximum absolute atomic E-state index is 11.3. The summed E-state index contributed by atoms with van der Waals surface area (Å²) in [4.78, 5) is 11.1. The largest absolute Gasteiger partial charge is 0.492 e. The molecule has 1 atom stereocenters. The van der Waals surface area contributed by atoms with Crippen LogP contribution in [0.15, 0.2) is 18.2 Å². The molecule has 0 radical (unpaired) electrons. The molecular formula is C15H22BrNO2. The van der Waals surface area contributed by atoms with E-state index in [0.717, 1.165) is 5.75 Å². The fraction of sp³-hybridized carbons (Fsp3) is 0.533. The Morgan fingerprint density at radius 3 is 2.58 bits per heavy atom. The summed E-state index contributed by atoms with van der Waals surface area (Å²) < 4.78 is 5.62. The van der Waals surface area contributed by atoms with Gasteiger partial charge >= 0.3 is 0 Å². The third kappa shape index (κ3) is 5.23. The van der Waals surface area contributed by atoms with Gasteiger partial charge in [0, 0.05) is 0 Å². The average Bonchev–Trinajstić information content (AvgIpc) is 2.33. The molecule has 3 nitrogen and oxygen atoms in total. The lowest BCUT2D eigenvalue weighted by atomic mass is 9.98. The number of ether oxygens (including phenoxy) is 1. The average molecular weight is 328 g/mol. The highest BCUT2D eigenvalue weighted by Crippen LogP contribution is 2.23. The Hall–Kier alpha value is -1.03. The molecule has 4 heteroatoms. The highest BCUT2D eigenvalue weighted by atomic mass is 79.9. The number of nitrogens with one attached hydrogen (secondary N) is 1. The molecule has 0 heterocycles. The summed E-state index contributed by atoms with van der Waals surface area (Å²) in [6.45, 7) is 9.24. The molecular weight excluding hydrogens is 306 g/mol. The fourth-order valence-corrected chi connectivity index (χ4v) is 2.03. The Morgan fingerprint density at radius 2 is 2.05 bits per heavy atom. The van der Waals surface area contributed by atoms with Gasteiger partial charge in [-0.05, 0) is 43.0 Å². The van der Waals surface area contributed by atoms with Crippen LogP contribution >= 0.6 is 15.9 Å². The first-order valence-corrected chi connectivity index (χ1v) is 7.48. The van der Waals surface area contributed by atoms with E-state index in [1.54, 1.807) is 6.92 Å². The van der Waals surface area contributed by atoms with E-state index in [-0.39, 0.29) is 10.7 Å². The Kier molecular flexibility index (Phi) is 6.35. The van der Waals surface area contributed by atoms with Gasteiger partial charge in [-0.2, -0.15) is 0 Å². The second-order valence-electron chi connectivity index (χ2n) is 4.93. The third-order valence-corrected chi connectivity index (χ3v) is 3.31. The van der Waals surface area contributed by atoms with E-state index in [4.69, 9.17) is 4.74 Å². The summed E-state index contributed by atoms with van der Waals surface area (Å²) in [6, 6.07) is 6.13. The van der Waals surface area contributed by atoms with Crippen molar-refractivity contribution in [1.82, 2.24) is 5.32 Å². The monoisotopic (exact) mass is 327 g/mol. The molecule has 0 aliphatic heterocycles. The van der Waals surface area contributed by atoms with Crippen molar-refractivity contribution in [1.29, 1.82) is 0 Å². The van der Waals surface area contributed by atoms with E-state index < -0.39 is 0 Å². The number of carbonyl (C=O) groups is 1. The summed E-state index contributed by atoms with van der Waals surface area (Å²) in [5, 5.41) is 2.79. The number of rotatable bonds is 6. The maximum atomic E-state index is 11.3. The SMILES string of the molecule is Cc1cc(OCCNC(=O)C(C)Br)ccc1C(C)C. The van der Waals surface area contributed by atoms with Crippen LogP contribution in [0, 0.1) is 6.92 Å². The standard InChI is InChI=1S/C15H22BrNO2/c1-10(2)14-6-5-13(9-11(14)3)19-8-7-17-15(18)12(4)16/h5-6,9-10,12H,7-8H2,1-4H3,(H,17,18). The normalized spacial score (nSPS) is 12.3. The topological polar surface area (TPSA) is 38.3 Å². The van der Waals surface area contributed by atoms with Crippen LogP contribution in [0.5, 0.6) is 5.75 Å². The van der Waals surface area contributed by atoms with E-state index in [1.165, 1.54) is 11.1 Å². The quantitative estimate of drug-likeness (QED) is 0.642. The third-order valence-electron chi connectivity index (χ3n) is 2.89. The molecule has 1 aromatic carbocycles. The van der Waals surface area contributed by atoms with Crippen molar-refractivity contribution in [2.24, 2.45) is 0 Å². The zero-order valence-corrected chi connectivity index (χ0v) is 13.6. The van der Waals surface area contributed by atoms with Crippen molar-refractivity contribution >= 4 is 21.8 Å². The van der Waals surface area contributed by atoms with Gasteiger partial charge in [0.2, 0.25) is 5.91 Å². The molecule has 1 amide bonds. The lowest BCUT2D eigenvalue weighted by Crippen LogP contribution is -2.32. The lowest BCUT2D eigenvalue weighted by molar-refractivity contribution is -0.120. The van der Waals surface area contributed by atoms with Crippen LogP contribution in [0.3, 0.4) is 0 Å². The number of amides is 1. The highest BCUT2D eigenvalue weighted by Gasteiger charge is 2.07. The molecule has 1 N–H and O–H groups in total. The predicted molar refractivity (Wildman–Crippen MR) is 82.2 cm³/mol. The minimum Gasteiger partial charge on any atom is -0.492 e. The lowest BCUT2D eigenvalue weighted by Gasteiger charge is -2.13. The molecule has 0 fully saturated rings. The number of hydrogen-bond donors (Lipinski definition) is 1. The number of hydrogen-bond acceptors (Lipinski definition) is 2. The maximum Gasteiger partial charge on any atom is 0.233 e. The summed E-state index contributed by atoms with van der Waals surface area (Å²) in [5.74, 6) is 1.35. The van der Waals surface area contributed by atoms with Crippen LogP contribution in [0.25, 0.3) is 0 Å². The predicted octanol–water partition coefficient (Wildman–Crippen LogP) is 3.40. The second-order valence-corrected chi connectivity index (χ2v) is 6.30. The van der Waals surface area contributed by atoms with E-state index in [2.05, 4.69) is 48.1 Å². The zero-order valence-electron chi connectivity index (χ0n) is 12.0. The minimum atomic E-state index is -0.167. The fourth-order valence-electron chi connectivity index (χ4n) is 1.87. The molecule has 0 saturated heterocycles. The van der Waals surface area contributed by atoms with E-state index in [1.807, 2.05) is 12.1 Å². The van der Waals surface area contributed by atoms with Crippen molar-refractivity contribution in [3.63, 3.8) is 0 Å². The second kappa shape index (κ2) is 7.53. The molecule has 0 bridgehead atoms. The first-order chi connectivity index (χ1) is 8.91. The van der Waals surface area contributed by atoms with Gasteiger partial charge in [-0.1, -0.05) is 35.8 Å². The Morgan fingerprint density at radius 1 is 1.37 bits per heavy atom. The molecule has 1 unspecified atom stereocenters. The number of aryl methyl sites for hydroxylation is 1. The van der Waals surface area contributed by atoms with Crippen LogP contribution in [-0.2, 0) is 4.79 Å². The minimum absolute atomic E-state index is 0.0186. The molecule has 0 aliphatic rings. The van der Waals surface area contributed by atoms with Crippen LogP contribution in [-0.4, -0.2) is 23.9 Å². The molecule has 0 spiro atoms. The Balaban J connectivity index is 2.42. The zero-order chi connectivity index (χ0) is 14.4. The Bertz CT molecular complexity index is 430. The summed E-state index contributed by atoms with van der Waals surface area (Å²) in [5.41, 5.74) is 2.58. The first kappa shape index (κ1) is 16.0. The highest BCUT2D eigenvalue weighted by molar-refractivity contribution is 9.10. The van der Waals surface area contributed by atoms with Crippen LogP contribution in [0.4, 0.5) is 0 Å². The van der Waals surface area contributed by atoms with Gasteiger partial charge in [-0.15, -0.1) is 0 Å². The first-order valence-electron chi connectivity index (χ1n) is 6.57. The molecule has 0 saturated carbocycles. The van der Waals surface area contributed by atoms with E-state index in [0.29, 0.717) is 19.1 Å². The molecule has 19 heavy (non-hydrogen) atoms. The van der Waals surface area contributed by atoms with Gasteiger partial charge in [-0.3, -0.25) is 4.79 Å². The molecule has 0 aliphatic carbocycles.